The third kappa shape index (κ3) is 12.9. The molecule has 0 amide bonds. The second kappa shape index (κ2) is 27.5. The van der Waals surface area contributed by atoms with E-state index < -0.39 is 261 Å². The van der Waals surface area contributed by atoms with E-state index in [0.29, 0.717) is 0 Å². The van der Waals surface area contributed by atoms with Crippen molar-refractivity contribution in [2.45, 2.75) is 215 Å². The first-order chi connectivity index (χ1) is 37.0. The molecule has 0 spiro atoms. The molecule has 0 aromatic heterocycles. The minimum atomic E-state index is -2.33. The number of hydrogen-bond donors (Lipinski definition) is 23. The topological polar surface area (TPSA) is 585 Å². The Labute approximate surface area is 439 Å². The smallest absolute Gasteiger partial charge is 0.187 e. The third-order valence-electron chi connectivity index (χ3n) is 14.5. The van der Waals surface area contributed by atoms with Crippen LogP contribution in [0.15, 0.2) is 0 Å². The molecular weight excluding hydrogens is 1080 g/mol. The molecule has 0 unspecified atom stereocenters. The standard InChI is InChI=1S/C42H72O36/c43-1-8-15(50)22(57)23(58)37(67-8)74-31-17(52)10(3-45)69-39(25(31)60)76-33-19(54)12(5-47)71-41(27(33)62)78-35-21(56)14(7-49)72-42(29(35)64)77-34-20(55)13(6-48)70-40(28(34)63)75-32-18(53)11(4-46)68-38(26(32)61)73-30-16(51)9(2-44)66-36(65)24(30)59/h8-65H,1-7H2/t8-,9-,10-,11-,12-,13-,14-,15-,16-,17-,18-,19-,20-,21-,22+,23-,24-,25-,26-,27-,28-,29-,30+,31+,32+,33+,34+,35+,36-,37+,38+,39+,40+,41+,42+/m1/s1. The minimum Gasteiger partial charge on any atom is -0.394 e. The summed E-state index contributed by atoms with van der Waals surface area (Å²) < 4.78 is 72.0. The first-order valence-corrected chi connectivity index (χ1v) is 24.7. The molecule has 0 radical (unpaired) electrons. The van der Waals surface area contributed by atoms with Crippen molar-refractivity contribution >= 4 is 0 Å². The summed E-state index contributed by atoms with van der Waals surface area (Å²) in [6, 6.07) is 0. The maximum atomic E-state index is 11.7. The lowest BCUT2D eigenvalue weighted by atomic mass is 9.95. The van der Waals surface area contributed by atoms with Crippen LogP contribution in [0.4, 0.5) is 0 Å². The van der Waals surface area contributed by atoms with Crippen LogP contribution in [0.5, 0.6) is 0 Å². The van der Waals surface area contributed by atoms with Gasteiger partial charge in [0.25, 0.3) is 0 Å². The van der Waals surface area contributed by atoms with E-state index >= 15 is 0 Å². The number of rotatable bonds is 19. The van der Waals surface area contributed by atoms with Gasteiger partial charge in [0.05, 0.1) is 46.2 Å². The molecule has 7 heterocycles. The summed E-state index contributed by atoms with van der Waals surface area (Å²) in [4.78, 5) is 0. The first-order valence-electron chi connectivity index (χ1n) is 24.7. The molecule has 456 valence electrons. The molecule has 0 aromatic rings. The van der Waals surface area contributed by atoms with Crippen LogP contribution in [0.2, 0.25) is 0 Å². The van der Waals surface area contributed by atoms with Crippen molar-refractivity contribution in [3.05, 3.63) is 0 Å². The fraction of sp³-hybridized carbons (Fsp3) is 1.00. The summed E-state index contributed by atoms with van der Waals surface area (Å²) in [5.41, 5.74) is 0. The third-order valence-corrected chi connectivity index (χ3v) is 14.5. The largest absolute Gasteiger partial charge is 0.394 e. The molecule has 7 aliphatic heterocycles. The van der Waals surface area contributed by atoms with E-state index in [0.717, 1.165) is 0 Å². The van der Waals surface area contributed by atoms with Gasteiger partial charge in [-0.2, -0.15) is 0 Å². The fourth-order valence-electron chi connectivity index (χ4n) is 9.97. The van der Waals surface area contributed by atoms with Crippen LogP contribution in [0, 0.1) is 0 Å². The molecule has 0 aliphatic carbocycles. The molecule has 35 atom stereocenters. The van der Waals surface area contributed by atoms with E-state index in [1.54, 1.807) is 0 Å². The lowest BCUT2D eigenvalue weighted by Gasteiger charge is -2.50. The molecule has 23 N–H and O–H groups in total. The maximum Gasteiger partial charge on any atom is 0.187 e. The summed E-state index contributed by atoms with van der Waals surface area (Å²) in [6.45, 7) is -7.04. The van der Waals surface area contributed by atoms with E-state index in [2.05, 4.69) is 0 Å². The molecule has 36 nitrogen and oxygen atoms in total. The highest BCUT2D eigenvalue weighted by molar-refractivity contribution is 5.01. The van der Waals surface area contributed by atoms with Gasteiger partial charge in [0.15, 0.2) is 44.0 Å². The van der Waals surface area contributed by atoms with Crippen molar-refractivity contribution in [2.75, 3.05) is 46.2 Å². The summed E-state index contributed by atoms with van der Waals surface area (Å²) in [5.74, 6) is 0. The van der Waals surface area contributed by atoms with Crippen molar-refractivity contribution in [1.82, 2.24) is 0 Å². The average molecular weight is 1150 g/mol. The van der Waals surface area contributed by atoms with Crippen molar-refractivity contribution in [3.63, 3.8) is 0 Å². The van der Waals surface area contributed by atoms with Crippen LogP contribution in [0.1, 0.15) is 0 Å². The second-order valence-electron chi connectivity index (χ2n) is 19.6. The van der Waals surface area contributed by atoms with Crippen molar-refractivity contribution in [3.8, 4) is 0 Å². The zero-order chi connectivity index (χ0) is 57.3. The Hall–Kier alpha value is -1.44. The van der Waals surface area contributed by atoms with Crippen LogP contribution in [-0.2, 0) is 61.6 Å². The highest BCUT2D eigenvalue weighted by Crippen LogP contribution is 2.38. The summed E-state index contributed by atoms with van der Waals surface area (Å²) in [6.07, 6.45) is -70.1. The van der Waals surface area contributed by atoms with E-state index in [-0.39, 0.29) is 0 Å². The normalized spacial score (nSPS) is 53.5. The van der Waals surface area contributed by atoms with Crippen LogP contribution in [-0.4, -0.2) is 379 Å². The number of ether oxygens (including phenoxy) is 13. The molecule has 78 heavy (non-hydrogen) atoms. The number of aliphatic hydroxyl groups is 23. The van der Waals surface area contributed by atoms with Crippen LogP contribution < -0.4 is 0 Å². The van der Waals surface area contributed by atoms with Gasteiger partial charge in [0.1, 0.15) is 171 Å². The molecule has 7 rings (SSSR count). The van der Waals surface area contributed by atoms with Gasteiger partial charge in [0.2, 0.25) is 0 Å². The lowest BCUT2D eigenvalue weighted by Crippen LogP contribution is -2.69. The van der Waals surface area contributed by atoms with Gasteiger partial charge in [-0.1, -0.05) is 0 Å². The molecule has 0 saturated carbocycles. The zero-order valence-corrected chi connectivity index (χ0v) is 40.8. The highest BCUT2D eigenvalue weighted by atomic mass is 16.8. The van der Waals surface area contributed by atoms with Gasteiger partial charge in [-0.05, 0) is 0 Å². The molecule has 0 aromatic carbocycles. The van der Waals surface area contributed by atoms with E-state index in [1.807, 2.05) is 0 Å². The van der Waals surface area contributed by atoms with E-state index in [9.17, 15) is 117 Å². The van der Waals surface area contributed by atoms with Crippen molar-refractivity contribution in [2.24, 2.45) is 0 Å². The lowest BCUT2D eigenvalue weighted by molar-refractivity contribution is -0.400. The molecular formula is C42H72O36. The SMILES string of the molecule is OC[C@H]1O[C@@H](O[C@@H]2[C@@H](O)[C@H](O[C@@H]3[C@@H](O)[C@H](O[C@@H]4[C@@H](O)[C@H](O[C@@H]5[C@@H](O)[C@H](O[C@@H]6[C@@H](O)[C@H](O[C@@H]7[C@@H](O)[C@H](O)O[C@H](CO)[C@H]7O)O[C@H](CO)[C@H]6O)O[C@H](CO)[C@H]5O)O[C@H](CO)[C@H]4O)O[C@H](CO)[C@H]3O)O[C@H](CO)[C@H]2O)[C@H](O)[C@@H](O)[C@@H]1O. The number of aliphatic hydroxyl groups excluding tert-OH is 23. The molecule has 7 aliphatic rings. The number of hydrogen-bond acceptors (Lipinski definition) is 36. The average Bonchev–Trinajstić information content (AvgIpc) is 3.48. The monoisotopic (exact) mass is 1150 g/mol. The quantitative estimate of drug-likeness (QED) is 0.0571. The summed E-state index contributed by atoms with van der Waals surface area (Å²) in [7, 11) is 0. The summed E-state index contributed by atoms with van der Waals surface area (Å²) in [5, 5.41) is 246. The summed E-state index contributed by atoms with van der Waals surface area (Å²) >= 11 is 0. The molecule has 7 fully saturated rings. The Balaban J connectivity index is 1.06. The second-order valence-corrected chi connectivity index (χ2v) is 19.6. The van der Waals surface area contributed by atoms with Gasteiger partial charge in [-0.15, -0.1) is 0 Å². The predicted molar refractivity (Wildman–Crippen MR) is 232 cm³/mol. The Morgan fingerprint density at radius 3 is 0.590 bits per heavy atom. The maximum absolute atomic E-state index is 11.7. The van der Waals surface area contributed by atoms with Crippen molar-refractivity contribution < 1.29 is 179 Å². The predicted octanol–water partition coefficient (Wildman–Crippen LogP) is -16.3. The Bertz CT molecular complexity index is 1820. The van der Waals surface area contributed by atoms with Gasteiger partial charge in [0, 0.05) is 0 Å². The van der Waals surface area contributed by atoms with Crippen LogP contribution in [0.25, 0.3) is 0 Å². The minimum absolute atomic E-state index is 0.880. The van der Waals surface area contributed by atoms with Gasteiger partial charge < -0.3 is 179 Å². The Morgan fingerprint density at radius 1 is 0.192 bits per heavy atom. The van der Waals surface area contributed by atoms with Gasteiger partial charge in [-0.3, -0.25) is 0 Å². The molecule has 36 heteroatoms. The van der Waals surface area contributed by atoms with Crippen LogP contribution in [0.3, 0.4) is 0 Å². The van der Waals surface area contributed by atoms with E-state index in [1.165, 1.54) is 0 Å². The van der Waals surface area contributed by atoms with Crippen molar-refractivity contribution in [1.29, 1.82) is 0 Å². The first kappa shape index (κ1) is 64.1. The molecule has 0 bridgehead atoms. The highest BCUT2D eigenvalue weighted by Gasteiger charge is 2.59. The van der Waals surface area contributed by atoms with Crippen LogP contribution >= 0.6 is 0 Å². The van der Waals surface area contributed by atoms with Gasteiger partial charge in [-0.25, -0.2) is 0 Å². The van der Waals surface area contributed by atoms with E-state index in [4.69, 9.17) is 61.6 Å². The molecule has 7 saturated heterocycles. The zero-order valence-electron chi connectivity index (χ0n) is 40.8. The Kier molecular flexibility index (Phi) is 22.6. The Morgan fingerprint density at radius 2 is 0.372 bits per heavy atom. The van der Waals surface area contributed by atoms with Gasteiger partial charge >= 0.3 is 0 Å². The fourth-order valence-corrected chi connectivity index (χ4v) is 9.97.